The number of piperidine rings is 1. The number of likely N-dealkylation sites (tertiary alicyclic amines) is 1. The second-order valence-corrected chi connectivity index (χ2v) is 6.68. The highest BCUT2D eigenvalue weighted by molar-refractivity contribution is 7.12. The number of hydrogen-bond acceptors (Lipinski definition) is 4. The SMILES string of the molecule is CNC1CCCN(C(=O)c2ccccc2C(=O)c2cccs2)C1. The topological polar surface area (TPSA) is 49.4 Å². The molecule has 1 aliphatic heterocycles. The second-order valence-electron chi connectivity index (χ2n) is 5.73. The monoisotopic (exact) mass is 328 g/mol. The third kappa shape index (κ3) is 3.35. The van der Waals surface area contributed by atoms with Crippen molar-refractivity contribution in [1.29, 1.82) is 0 Å². The number of amides is 1. The lowest BCUT2D eigenvalue weighted by Crippen LogP contribution is -2.47. The number of carbonyl (C=O) groups excluding carboxylic acids is 2. The van der Waals surface area contributed by atoms with Crippen molar-refractivity contribution in [2.75, 3.05) is 20.1 Å². The smallest absolute Gasteiger partial charge is 0.254 e. The van der Waals surface area contributed by atoms with Crippen LogP contribution in [0.1, 0.15) is 38.4 Å². The molecule has 5 heteroatoms. The third-order valence-corrected chi connectivity index (χ3v) is 5.13. The lowest BCUT2D eigenvalue weighted by atomic mass is 9.99. The van der Waals surface area contributed by atoms with Crippen molar-refractivity contribution in [2.45, 2.75) is 18.9 Å². The summed E-state index contributed by atoms with van der Waals surface area (Å²) in [4.78, 5) is 28.1. The molecule has 3 rings (SSSR count). The van der Waals surface area contributed by atoms with Crippen LogP contribution in [0.5, 0.6) is 0 Å². The van der Waals surface area contributed by atoms with Gasteiger partial charge in [0.25, 0.3) is 5.91 Å². The maximum atomic E-state index is 12.9. The van der Waals surface area contributed by atoms with Crippen LogP contribution in [-0.2, 0) is 0 Å². The predicted octanol–water partition coefficient (Wildman–Crippen LogP) is 2.80. The van der Waals surface area contributed by atoms with Gasteiger partial charge in [-0.15, -0.1) is 11.3 Å². The van der Waals surface area contributed by atoms with E-state index in [1.165, 1.54) is 11.3 Å². The molecule has 2 aromatic rings. The van der Waals surface area contributed by atoms with E-state index in [1.54, 1.807) is 18.2 Å². The van der Waals surface area contributed by atoms with E-state index >= 15 is 0 Å². The van der Waals surface area contributed by atoms with Crippen molar-refractivity contribution in [2.24, 2.45) is 0 Å². The molecule has 1 fully saturated rings. The number of benzene rings is 1. The minimum atomic E-state index is -0.0777. The van der Waals surface area contributed by atoms with Gasteiger partial charge in [-0.25, -0.2) is 0 Å². The summed E-state index contributed by atoms with van der Waals surface area (Å²) in [5.74, 6) is -0.128. The van der Waals surface area contributed by atoms with E-state index in [4.69, 9.17) is 0 Å². The van der Waals surface area contributed by atoms with Gasteiger partial charge < -0.3 is 10.2 Å². The van der Waals surface area contributed by atoms with Gasteiger partial charge in [-0.3, -0.25) is 9.59 Å². The molecule has 120 valence electrons. The van der Waals surface area contributed by atoms with Gasteiger partial charge in [0.05, 0.1) is 10.4 Å². The Morgan fingerprint density at radius 1 is 1.17 bits per heavy atom. The Hall–Kier alpha value is -1.98. The van der Waals surface area contributed by atoms with Crippen LogP contribution in [0.25, 0.3) is 0 Å². The highest BCUT2D eigenvalue weighted by Gasteiger charge is 2.26. The summed E-state index contributed by atoms with van der Waals surface area (Å²) < 4.78 is 0. The summed E-state index contributed by atoms with van der Waals surface area (Å²) in [7, 11) is 1.92. The van der Waals surface area contributed by atoms with Gasteiger partial charge in [0.2, 0.25) is 5.78 Å². The van der Waals surface area contributed by atoms with E-state index in [1.807, 2.05) is 35.5 Å². The molecule has 23 heavy (non-hydrogen) atoms. The van der Waals surface area contributed by atoms with Gasteiger partial charge >= 0.3 is 0 Å². The third-order valence-electron chi connectivity index (χ3n) is 4.26. The number of nitrogens with zero attached hydrogens (tertiary/aromatic N) is 1. The van der Waals surface area contributed by atoms with Crippen LogP contribution in [0.3, 0.4) is 0 Å². The first-order valence-corrected chi connectivity index (χ1v) is 8.72. The maximum absolute atomic E-state index is 12.9. The van der Waals surface area contributed by atoms with Crippen molar-refractivity contribution >= 4 is 23.0 Å². The molecule has 0 saturated carbocycles. The summed E-state index contributed by atoms with van der Waals surface area (Å²) in [6, 6.07) is 11.1. The Balaban J connectivity index is 1.88. The molecule has 1 aliphatic rings. The van der Waals surface area contributed by atoms with Crippen LogP contribution < -0.4 is 5.32 Å². The number of rotatable bonds is 4. The Labute approximate surface area is 140 Å². The average molecular weight is 328 g/mol. The molecule has 1 aromatic heterocycles. The molecule has 1 saturated heterocycles. The van der Waals surface area contributed by atoms with Gasteiger partial charge in [0, 0.05) is 24.7 Å². The Kier molecular flexibility index (Phi) is 4.88. The summed E-state index contributed by atoms with van der Waals surface area (Å²) in [6.07, 6.45) is 2.06. The maximum Gasteiger partial charge on any atom is 0.254 e. The first-order chi connectivity index (χ1) is 11.2. The average Bonchev–Trinajstić information content (AvgIpc) is 3.15. The lowest BCUT2D eigenvalue weighted by Gasteiger charge is -2.33. The molecule has 0 bridgehead atoms. The van der Waals surface area contributed by atoms with Crippen LogP contribution in [0.15, 0.2) is 41.8 Å². The molecule has 1 aromatic carbocycles. The minimum absolute atomic E-state index is 0.0505. The molecule has 2 heterocycles. The summed E-state index contributed by atoms with van der Waals surface area (Å²) >= 11 is 1.40. The highest BCUT2D eigenvalue weighted by Crippen LogP contribution is 2.21. The lowest BCUT2D eigenvalue weighted by molar-refractivity contribution is 0.0694. The molecule has 1 atom stereocenters. The van der Waals surface area contributed by atoms with Gasteiger partial charge in [-0.2, -0.15) is 0 Å². The molecular weight excluding hydrogens is 308 g/mol. The van der Waals surface area contributed by atoms with Crippen LogP contribution in [0.4, 0.5) is 0 Å². The normalized spacial score (nSPS) is 18.0. The zero-order valence-electron chi connectivity index (χ0n) is 13.1. The summed E-state index contributed by atoms with van der Waals surface area (Å²) in [5.41, 5.74) is 0.995. The quantitative estimate of drug-likeness (QED) is 0.878. The number of thiophene rings is 1. The first kappa shape index (κ1) is 15.9. The van der Waals surface area contributed by atoms with Crippen LogP contribution in [-0.4, -0.2) is 42.8 Å². The van der Waals surface area contributed by atoms with Gasteiger partial charge in [-0.1, -0.05) is 24.3 Å². The van der Waals surface area contributed by atoms with Crippen LogP contribution in [0.2, 0.25) is 0 Å². The van der Waals surface area contributed by atoms with Gasteiger partial charge in [0.1, 0.15) is 0 Å². The fraction of sp³-hybridized carbons (Fsp3) is 0.333. The second kappa shape index (κ2) is 7.06. The molecule has 1 unspecified atom stereocenters. The molecule has 0 radical (unpaired) electrons. The standard InChI is InChI=1S/C18H20N2O2S/c1-19-13-6-4-10-20(12-13)18(22)15-8-3-2-7-14(15)17(21)16-9-5-11-23-16/h2-3,5,7-9,11,13,19H,4,6,10,12H2,1H3. The first-order valence-electron chi connectivity index (χ1n) is 7.84. The molecule has 0 aliphatic carbocycles. The molecule has 0 spiro atoms. The van der Waals surface area contributed by atoms with E-state index in [2.05, 4.69) is 5.32 Å². The van der Waals surface area contributed by atoms with Crippen molar-refractivity contribution < 1.29 is 9.59 Å². The zero-order chi connectivity index (χ0) is 16.2. The molecule has 4 nitrogen and oxygen atoms in total. The van der Waals surface area contributed by atoms with Gasteiger partial charge in [0.15, 0.2) is 0 Å². The highest BCUT2D eigenvalue weighted by atomic mass is 32.1. The number of ketones is 1. The zero-order valence-corrected chi connectivity index (χ0v) is 13.9. The number of carbonyl (C=O) groups is 2. The fourth-order valence-corrected chi connectivity index (χ4v) is 3.65. The molecule has 1 N–H and O–H groups in total. The van der Waals surface area contributed by atoms with Crippen molar-refractivity contribution in [1.82, 2.24) is 10.2 Å². The van der Waals surface area contributed by atoms with E-state index in [0.717, 1.165) is 19.4 Å². The number of likely N-dealkylation sites (N-methyl/N-ethyl adjacent to an activating group) is 1. The minimum Gasteiger partial charge on any atom is -0.337 e. The van der Waals surface area contributed by atoms with E-state index in [0.29, 0.717) is 28.6 Å². The molecule has 1 amide bonds. The van der Waals surface area contributed by atoms with Crippen molar-refractivity contribution in [3.63, 3.8) is 0 Å². The van der Waals surface area contributed by atoms with Crippen LogP contribution in [0, 0.1) is 0 Å². The Morgan fingerprint density at radius 3 is 2.65 bits per heavy atom. The Bertz CT molecular complexity index is 697. The van der Waals surface area contributed by atoms with E-state index in [-0.39, 0.29) is 11.7 Å². The van der Waals surface area contributed by atoms with Gasteiger partial charge in [-0.05, 0) is 37.4 Å². The predicted molar refractivity (Wildman–Crippen MR) is 92.2 cm³/mol. The Morgan fingerprint density at radius 2 is 1.96 bits per heavy atom. The van der Waals surface area contributed by atoms with E-state index < -0.39 is 0 Å². The van der Waals surface area contributed by atoms with Crippen molar-refractivity contribution in [3.05, 3.63) is 57.8 Å². The number of hydrogen-bond donors (Lipinski definition) is 1. The fourth-order valence-electron chi connectivity index (χ4n) is 2.98. The van der Waals surface area contributed by atoms with E-state index in [9.17, 15) is 9.59 Å². The summed E-state index contributed by atoms with van der Waals surface area (Å²) in [6.45, 7) is 1.44. The summed E-state index contributed by atoms with van der Waals surface area (Å²) in [5, 5.41) is 5.12. The number of nitrogens with one attached hydrogen (secondary N) is 1. The van der Waals surface area contributed by atoms with Crippen LogP contribution >= 0.6 is 11.3 Å². The molecular formula is C18H20N2O2S. The van der Waals surface area contributed by atoms with Crippen molar-refractivity contribution in [3.8, 4) is 0 Å². The largest absolute Gasteiger partial charge is 0.337 e.